The van der Waals surface area contributed by atoms with Gasteiger partial charge in [0.25, 0.3) is 0 Å². The highest BCUT2D eigenvalue weighted by Gasteiger charge is 2.24. The third-order valence-electron chi connectivity index (χ3n) is 3.46. The first-order chi connectivity index (χ1) is 10.2. The van der Waals surface area contributed by atoms with Gasteiger partial charge in [0.15, 0.2) is 5.78 Å². The molecule has 1 unspecified atom stereocenters. The zero-order valence-corrected chi connectivity index (χ0v) is 12.4. The molecule has 0 aliphatic carbocycles. The molecule has 3 nitrogen and oxygen atoms in total. The van der Waals surface area contributed by atoms with Crippen LogP contribution in [0.3, 0.4) is 0 Å². The van der Waals surface area contributed by atoms with Crippen LogP contribution in [-0.2, 0) is 6.42 Å². The molecule has 0 aromatic heterocycles. The van der Waals surface area contributed by atoms with E-state index >= 15 is 0 Å². The van der Waals surface area contributed by atoms with Crippen molar-refractivity contribution >= 4 is 5.78 Å². The molecule has 0 saturated carbocycles. The van der Waals surface area contributed by atoms with Crippen molar-refractivity contribution in [3.8, 4) is 5.75 Å². The lowest BCUT2D eigenvalue weighted by Crippen LogP contribution is -2.15. The Bertz CT molecular complexity index is 605. The van der Waals surface area contributed by atoms with E-state index in [-0.39, 0.29) is 5.78 Å². The van der Waals surface area contributed by atoms with E-state index in [4.69, 9.17) is 4.74 Å². The SMILES string of the molecule is CCCc1cccc(OC)c1C(=O)C(O)c1ccccc1. The molecule has 0 amide bonds. The monoisotopic (exact) mass is 284 g/mol. The lowest BCUT2D eigenvalue weighted by Gasteiger charge is -2.16. The number of hydrogen-bond donors (Lipinski definition) is 1. The van der Waals surface area contributed by atoms with E-state index in [1.807, 2.05) is 18.2 Å². The van der Waals surface area contributed by atoms with E-state index < -0.39 is 6.10 Å². The molecular weight excluding hydrogens is 264 g/mol. The number of aliphatic hydroxyl groups excluding tert-OH is 1. The van der Waals surface area contributed by atoms with Crippen molar-refractivity contribution < 1.29 is 14.6 Å². The Balaban J connectivity index is 2.42. The Morgan fingerprint density at radius 3 is 2.48 bits per heavy atom. The fourth-order valence-electron chi connectivity index (χ4n) is 2.43. The van der Waals surface area contributed by atoms with E-state index in [1.165, 1.54) is 7.11 Å². The van der Waals surface area contributed by atoms with Crippen LogP contribution in [0.15, 0.2) is 48.5 Å². The van der Waals surface area contributed by atoms with E-state index in [9.17, 15) is 9.90 Å². The Labute approximate surface area is 125 Å². The highest BCUT2D eigenvalue weighted by molar-refractivity contribution is 6.03. The summed E-state index contributed by atoms with van der Waals surface area (Å²) in [6.45, 7) is 2.06. The molecule has 3 heteroatoms. The summed E-state index contributed by atoms with van der Waals surface area (Å²) in [6.07, 6.45) is 0.535. The molecule has 21 heavy (non-hydrogen) atoms. The molecule has 0 aliphatic rings. The summed E-state index contributed by atoms with van der Waals surface area (Å²) >= 11 is 0. The summed E-state index contributed by atoms with van der Waals surface area (Å²) in [4.78, 5) is 12.7. The molecule has 110 valence electrons. The van der Waals surface area contributed by atoms with E-state index in [1.54, 1.807) is 30.3 Å². The maximum Gasteiger partial charge on any atom is 0.199 e. The van der Waals surface area contributed by atoms with Crippen LogP contribution >= 0.6 is 0 Å². The topological polar surface area (TPSA) is 46.5 Å². The Kier molecular flexibility index (Phi) is 5.12. The van der Waals surface area contributed by atoms with Crippen LogP contribution in [-0.4, -0.2) is 18.0 Å². The molecule has 2 aromatic carbocycles. The maximum absolute atomic E-state index is 12.7. The van der Waals surface area contributed by atoms with Crippen LogP contribution in [0.25, 0.3) is 0 Å². The van der Waals surface area contributed by atoms with Gasteiger partial charge < -0.3 is 9.84 Å². The fourth-order valence-corrected chi connectivity index (χ4v) is 2.43. The standard InChI is InChI=1S/C18H20O3/c1-3-8-13-11-7-12-15(21-2)16(13)18(20)17(19)14-9-5-4-6-10-14/h4-7,9-12,17,19H,3,8H2,1-2H3. The third kappa shape index (κ3) is 3.31. The molecule has 0 saturated heterocycles. The normalized spacial score (nSPS) is 12.0. The molecule has 0 heterocycles. The van der Waals surface area contributed by atoms with Crippen molar-refractivity contribution in [3.05, 3.63) is 65.2 Å². The van der Waals surface area contributed by atoms with Gasteiger partial charge in [-0.3, -0.25) is 4.79 Å². The molecule has 0 bridgehead atoms. The summed E-state index contributed by atoms with van der Waals surface area (Å²) in [5, 5.41) is 10.4. The minimum atomic E-state index is -1.17. The van der Waals surface area contributed by atoms with Gasteiger partial charge in [-0.05, 0) is 23.6 Å². The zero-order valence-electron chi connectivity index (χ0n) is 12.4. The van der Waals surface area contributed by atoms with Gasteiger partial charge in [-0.25, -0.2) is 0 Å². The third-order valence-corrected chi connectivity index (χ3v) is 3.46. The number of ether oxygens (including phenoxy) is 1. The second-order valence-corrected chi connectivity index (χ2v) is 4.92. The van der Waals surface area contributed by atoms with Crippen molar-refractivity contribution in [3.63, 3.8) is 0 Å². The molecule has 0 spiro atoms. The highest BCUT2D eigenvalue weighted by Crippen LogP contribution is 2.29. The molecule has 0 radical (unpaired) electrons. The predicted octanol–water partition coefficient (Wildman–Crippen LogP) is 3.56. The van der Waals surface area contributed by atoms with Crippen molar-refractivity contribution in [1.29, 1.82) is 0 Å². The van der Waals surface area contributed by atoms with Crippen molar-refractivity contribution in [2.75, 3.05) is 7.11 Å². The number of aliphatic hydroxyl groups is 1. The summed E-state index contributed by atoms with van der Waals surface area (Å²) in [7, 11) is 1.54. The average Bonchev–Trinajstić information content (AvgIpc) is 2.54. The number of ketones is 1. The Hall–Kier alpha value is -2.13. The quantitative estimate of drug-likeness (QED) is 0.825. The molecule has 1 N–H and O–H groups in total. The molecule has 0 aliphatic heterocycles. The maximum atomic E-state index is 12.7. The molecule has 2 aromatic rings. The number of Topliss-reactive ketones (excluding diaryl/α,β-unsaturated/α-hetero) is 1. The summed E-state index contributed by atoms with van der Waals surface area (Å²) in [5.41, 5.74) is 1.99. The van der Waals surface area contributed by atoms with Crippen LogP contribution < -0.4 is 4.74 Å². The minimum Gasteiger partial charge on any atom is -0.496 e. The smallest absolute Gasteiger partial charge is 0.199 e. The first kappa shape index (κ1) is 15.3. The number of benzene rings is 2. The highest BCUT2D eigenvalue weighted by atomic mass is 16.5. The Morgan fingerprint density at radius 2 is 1.86 bits per heavy atom. The van der Waals surface area contributed by atoms with Crippen LogP contribution in [0, 0.1) is 0 Å². The van der Waals surface area contributed by atoms with Gasteiger partial charge in [0.2, 0.25) is 0 Å². The van der Waals surface area contributed by atoms with Crippen LogP contribution in [0.5, 0.6) is 5.75 Å². The number of rotatable bonds is 6. The van der Waals surface area contributed by atoms with Crippen LogP contribution in [0.2, 0.25) is 0 Å². The van der Waals surface area contributed by atoms with Crippen molar-refractivity contribution in [2.24, 2.45) is 0 Å². The second kappa shape index (κ2) is 7.04. The Morgan fingerprint density at radius 1 is 1.14 bits per heavy atom. The van der Waals surface area contributed by atoms with Gasteiger partial charge in [-0.1, -0.05) is 55.8 Å². The minimum absolute atomic E-state index is 0.317. The molecule has 0 fully saturated rings. The molecular formula is C18H20O3. The summed E-state index contributed by atoms with van der Waals surface area (Å²) < 4.78 is 5.31. The van der Waals surface area contributed by atoms with Crippen LogP contribution in [0.1, 0.15) is 40.9 Å². The van der Waals surface area contributed by atoms with Gasteiger partial charge in [-0.2, -0.15) is 0 Å². The van der Waals surface area contributed by atoms with Gasteiger partial charge in [0, 0.05) is 0 Å². The van der Waals surface area contributed by atoms with E-state index in [0.717, 1.165) is 18.4 Å². The number of aryl methyl sites for hydroxylation is 1. The van der Waals surface area contributed by atoms with E-state index in [2.05, 4.69) is 6.92 Å². The number of hydrogen-bond acceptors (Lipinski definition) is 3. The second-order valence-electron chi connectivity index (χ2n) is 4.92. The van der Waals surface area contributed by atoms with Crippen LogP contribution in [0.4, 0.5) is 0 Å². The lowest BCUT2D eigenvalue weighted by molar-refractivity contribution is 0.0743. The van der Waals surface area contributed by atoms with Crippen molar-refractivity contribution in [1.82, 2.24) is 0 Å². The number of methoxy groups -OCH3 is 1. The molecule has 1 atom stereocenters. The lowest BCUT2D eigenvalue weighted by atomic mass is 9.93. The summed E-state index contributed by atoms with van der Waals surface area (Å²) in [5.74, 6) is 0.197. The first-order valence-electron chi connectivity index (χ1n) is 7.12. The molecule has 2 rings (SSSR count). The number of carbonyl (C=O) groups excluding carboxylic acids is 1. The average molecular weight is 284 g/mol. The first-order valence-corrected chi connectivity index (χ1v) is 7.12. The zero-order chi connectivity index (χ0) is 15.2. The largest absolute Gasteiger partial charge is 0.496 e. The van der Waals surface area contributed by atoms with Crippen molar-refractivity contribution in [2.45, 2.75) is 25.9 Å². The van der Waals surface area contributed by atoms with Gasteiger partial charge in [-0.15, -0.1) is 0 Å². The van der Waals surface area contributed by atoms with Gasteiger partial charge >= 0.3 is 0 Å². The summed E-state index contributed by atoms with van der Waals surface area (Å²) in [6, 6.07) is 14.5. The van der Waals surface area contributed by atoms with E-state index in [0.29, 0.717) is 16.9 Å². The van der Waals surface area contributed by atoms with Gasteiger partial charge in [0.05, 0.1) is 12.7 Å². The van der Waals surface area contributed by atoms with Gasteiger partial charge in [0.1, 0.15) is 11.9 Å². The number of carbonyl (C=O) groups is 1. The fraction of sp³-hybridized carbons (Fsp3) is 0.278. The predicted molar refractivity (Wildman–Crippen MR) is 82.7 cm³/mol.